The van der Waals surface area contributed by atoms with Crippen LogP contribution in [0.25, 0.3) is 0 Å². The van der Waals surface area contributed by atoms with Gasteiger partial charge in [-0.05, 0) is 24.1 Å². The Hall–Kier alpha value is -3.34. The summed E-state index contributed by atoms with van der Waals surface area (Å²) in [6.07, 6.45) is 0.0752. The van der Waals surface area contributed by atoms with Gasteiger partial charge in [0.25, 0.3) is 5.69 Å². The number of non-ortho nitro benzene ring substituents is 1. The number of carbonyl (C=O) groups is 1. The Labute approximate surface area is 152 Å². The van der Waals surface area contributed by atoms with Gasteiger partial charge in [0.05, 0.1) is 29.8 Å². The van der Waals surface area contributed by atoms with Gasteiger partial charge in [-0.2, -0.15) is 0 Å². The molecule has 1 fully saturated rings. The molecule has 2 atom stereocenters. The number of aromatic amines is 1. The second kappa shape index (κ2) is 7.50. The minimum absolute atomic E-state index is 0.0620. The van der Waals surface area contributed by atoms with Crippen molar-refractivity contribution in [2.45, 2.75) is 31.7 Å². The molecule has 1 aromatic carbocycles. The van der Waals surface area contributed by atoms with Crippen molar-refractivity contribution in [3.05, 3.63) is 56.6 Å². The number of aromatic hydroxyl groups is 1. The van der Waals surface area contributed by atoms with E-state index in [2.05, 4.69) is 4.98 Å². The summed E-state index contributed by atoms with van der Waals surface area (Å²) >= 11 is 0. The van der Waals surface area contributed by atoms with Crippen LogP contribution in [0.1, 0.15) is 12.0 Å². The number of aliphatic hydroxyl groups is 1. The van der Waals surface area contributed by atoms with Crippen LogP contribution >= 0.6 is 0 Å². The van der Waals surface area contributed by atoms with E-state index in [4.69, 9.17) is 4.74 Å². The molecule has 0 saturated carbocycles. The second-order valence-corrected chi connectivity index (χ2v) is 6.27. The third-order valence-corrected chi connectivity index (χ3v) is 4.32. The number of likely N-dealkylation sites (tertiary alicyclic amines) is 1. The fraction of sp³-hybridized carbons (Fsp3) is 0.375. The van der Waals surface area contributed by atoms with E-state index in [1.165, 1.54) is 39.9 Å². The average molecular weight is 378 g/mol. The second-order valence-electron chi connectivity index (χ2n) is 6.27. The Kier molecular flexibility index (Phi) is 5.12. The van der Waals surface area contributed by atoms with Crippen LogP contribution in [0.5, 0.6) is 5.88 Å². The first-order valence-electron chi connectivity index (χ1n) is 8.16. The van der Waals surface area contributed by atoms with Crippen molar-refractivity contribution in [2.75, 3.05) is 6.54 Å². The zero-order valence-electron chi connectivity index (χ0n) is 14.1. The summed E-state index contributed by atoms with van der Waals surface area (Å²) in [5, 5.41) is 29.8. The predicted molar refractivity (Wildman–Crippen MR) is 91.1 cm³/mol. The van der Waals surface area contributed by atoms with Crippen molar-refractivity contribution < 1.29 is 24.7 Å². The van der Waals surface area contributed by atoms with Crippen molar-refractivity contribution >= 4 is 11.8 Å². The monoisotopic (exact) mass is 378 g/mol. The van der Waals surface area contributed by atoms with Crippen molar-refractivity contribution in [1.82, 2.24) is 14.5 Å². The molecule has 11 nitrogen and oxygen atoms in total. The van der Waals surface area contributed by atoms with Gasteiger partial charge in [-0.3, -0.25) is 19.7 Å². The molecule has 0 radical (unpaired) electrons. The third kappa shape index (κ3) is 4.26. The molecule has 0 aliphatic carbocycles. The van der Waals surface area contributed by atoms with Crippen LogP contribution in [0.4, 0.5) is 10.5 Å². The lowest BCUT2D eigenvalue weighted by Gasteiger charge is -2.23. The number of aliphatic hydroxyl groups excluding tert-OH is 1. The lowest BCUT2D eigenvalue weighted by atomic mass is 10.2. The Morgan fingerprint density at radius 2 is 2.07 bits per heavy atom. The van der Waals surface area contributed by atoms with Crippen molar-refractivity contribution in [3.8, 4) is 5.88 Å². The standard InChI is InChI=1S/C16H18N4O7/c21-13-5-12(6-18-8-14(22)17-15(18)23)19(7-13)16(24)27-9-10-1-3-11(4-2-10)20(25)26/h1-4,8,12-13,21-22H,5-7,9H2,(H,17,23)/t12-,13+/m0/s1. The highest BCUT2D eigenvalue weighted by Crippen LogP contribution is 2.21. The molecule has 144 valence electrons. The molecule has 1 amide bonds. The van der Waals surface area contributed by atoms with Gasteiger partial charge < -0.3 is 19.8 Å². The molecule has 0 bridgehead atoms. The molecule has 11 heteroatoms. The Morgan fingerprint density at radius 1 is 1.37 bits per heavy atom. The summed E-state index contributed by atoms with van der Waals surface area (Å²) in [5.74, 6) is -0.286. The molecule has 1 aliphatic rings. The number of carbonyl (C=O) groups excluding carboxylic acids is 1. The number of hydrogen-bond donors (Lipinski definition) is 3. The Bertz CT molecular complexity index is 889. The van der Waals surface area contributed by atoms with Crippen LogP contribution in [0.2, 0.25) is 0 Å². The Balaban J connectivity index is 1.62. The highest BCUT2D eigenvalue weighted by atomic mass is 16.6. The summed E-state index contributed by atoms with van der Waals surface area (Å²) in [6, 6.07) is 5.14. The number of imidazole rings is 1. The van der Waals surface area contributed by atoms with E-state index in [0.717, 1.165) is 0 Å². The zero-order chi connectivity index (χ0) is 19.6. The van der Waals surface area contributed by atoms with Gasteiger partial charge in [0, 0.05) is 18.7 Å². The minimum Gasteiger partial charge on any atom is -0.493 e. The number of nitrogens with zero attached hydrogens (tertiary/aromatic N) is 3. The molecule has 0 unspecified atom stereocenters. The van der Waals surface area contributed by atoms with E-state index in [9.17, 15) is 29.9 Å². The summed E-state index contributed by atoms with van der Waals surface area (Å²) in [4.78, 5) is 37.7. The molecule has 1 aliphatic heterocycles. The maximum atomic E-state index is 12.4. The molecule has 2 aromatic rings. The van der Waals surface area contributed by atoms with Crippen molar-refractivity contribution in [1.29, 1.82) is 0 Å². The number of ether oxygens (including phenoxy) is 1. The number of hydrogen-bond acceptors (Lipinski definition) is 7. The molecule has 3 N–H and O–H groups in total. The highest BCUT2D eigenvalue weighted by Gasteiger charge is 2.35. The minimum atomic E-state index is -0.745. The number of benzene rings is 1. The number of nitro groups is 1. The zero-order valence-corrected chi connectivity index (χ0v) is 14.1. The van der Waals surface area contributed by atoms with E-state index >= 15 is 0 Å². The number of nitro benzene ring substituents is 1. The number of β-amino-alcohol motifs (C(OH)–C–C–N with tert-alkyl or cyclic N) is 1. The van der Waals surface area contributed by atoms with Gasteiger partial charge >= 0.3 is 11.8 Å². The summed E-state index contributed by atoms with van der Waals surface area (Å²) in [7, 11) is 0. The van der Waals surface area contributed by atoms with E-state index < -0.39 is 28.9 Å². The fourth-order valence-corrected chi connectivity index (χ4v) is 3.01. The van der Waals surface area contributed by atoms with Gasteiger partial charge in [0.2, 0.25) is 5.88 Å². The van der Waals surface area contributed by atoms with Gasteiger partial charge in [0.1, 0.15) is 6.61 Å². The Morgan fingerprint density at radius 3 is 2.67 bits per heavy atom. The molecule has 1 aromatic heterocycles. The summed E-state index contributed by atoms with van der Waals surface area (Å²) in [6.45, 7) is 0.0789. The smallest absolute Gasteiger partial charge is 0.410 e. The third-order valence-electron chi connectivity index (χ3n) is 4.32. The van der Waals surface area contributed by atoms with Crippen molar-refractivity contribution in [2.24, 2.45) is 0 Å². The van der Waals surface area contributed by atoms with Gasteiger partial charge in [-0.15, -0.1) is 0 Å². The molecule has 0 spiro atoms. The number of aromatic nitrogens is 2. The maximum Gasteiger partial charge on any atom is 0.410 e. The van der Waals surface area contributed by atoms with Crippen LogP contribution in [0.3, 0.4) is 0 Å². The van der Waals surface area contributed by atoms with Crippen LogP contribution in [-0.4, -0.2) is 54.4 Å². The summed E-state index contributed by atoms with van der Waals surface area (Å²) < 4.78 is 6.44. The molecule has 2 heterocycles. The maximum absolute atomic E-state index is 12.4. The average Bonchev–Trinajstić information content (AvgIpc) is 3.14. The van der Waals surface area contributed by atoms with Crippen LogP contribution < -0.4 is 5.69 Å². The summed E-state index contributed by atoms with van der Waals surface area (Å²) in [5.41, 5.74) is -0.00175. The molecule has 1 saturated heterocycles. The van der Waals surface area contributed by atoms with E-state index in [-0.39, 0.29) is 37.7 Å². The molecule has 27 heavy (non-hydrogen) atoms. The first-order chi connectivity index (χ1) is 12.8. The molecular formula is C16H18N4O7. The number of amides is 1. The van der Waals surface area contributed by atoms with Gasteiger partial charge in [0.15, 0.2) is 0 Å². The van der Waals surface area contributed by atoms with Gasteiger partial charge in [-0.25, -0.2) is 9.59 Å². The SMILES string of the molecule is O=C(OCc1ccc([N+](=O)[O-])cc1)N1C[C@H](O)C[C@H]1Cn1cc(O)[nH]c1=O. The number of rotatable bonds is 5. The lowest BCUT2D eigenvalue weighted by Crippen LogP contribution is -2.40. The van der Waals surface area contributed by atoms with Gasteiger partial charge in [-0.1, -0.05) is 0 Å². The largest absolute Gasteiger partial charge is 0.493 e. The molecular weight excluding hydrogens is 360 g/mol. The number of H-pyrrole nitrogens is 1. The highest BCUT2D eigenvalue weighted by molar-refractivity contribution is 5.68. The first kappa shape index (κ1) is 18.5. The van der Waals surface area contributed by atoms with E-state index in [0.29, 0.717) is 5.56 Å². The van der Waals surface area contributed by atoms with Crippen LogP contribution in [-0.2, 0) is 17.9 Å². The number of nitrogens with one attached hydrogen (secondary N) is 1. The fourth-order valence-electron chi connectivity index (χ4n) is 3.01. The van der Waals surface area contributed by atoms with Crippen LogP contribution in [0, 0.1) is 10.1 Å². The van der Waals surface area contributed by atoms with E-state index in [1.54, 1.807) is 0 Å². The quantitative estimate of drug-likeness (QED) is 0.508. The van der Waals surface area contributed by atoms with Crippen LogP contribution in [0.15, 0.2) is 35.3 Å². The van der Waals surface area contributed by atoms with Crippen molar-refractivity contribution in [3.63, 3.8) is 0 Å². The van der Waals surface area contributed by atoms with E-state index in [1.807, 2.05) is 0 Å². The predicted octanol–water partition coefficient (Wildman–Crippen LogP) is 0.562. The molecule has 3 rings (SSSR count). The topological polar surface area (TPSA) is 151 Å². The normalized spacial score (nSPS) is 19.2. The first-order valence-corrected chi connectivity index (χ1v) is 8.16. The lowest BCUT2D eigenvalue weighted by molar-refractivity contribution is -0.384.